The highest BCUT2D eigenvalue weighted by Crippen LogP contribution is 2.21. The monoisotopic (exact) mass is 460 g/mol. The van der Waals surface area contributed by atoms with E-state index in [9.17, 15) is 22.4 Å². The Morgan fingerprint density at radius 3 is 2.38 bits per heavy atom. The summed E-state index contributed by atoms with van der Waals surface area (Å²) in [6.07, 6.45) is 6.42. The van der Waals surface area contributed by atoms with E-state index in [1.165, 1.54) is 40.7 Å². The van der Waals surface area contributed by atoms with Gasteiger partial charge in [-0.3, -0.25) is 4.79 Å². The number of hydrogen-bond acceptors (Lipinski definition) is 5. The quantitative estimate of drug-likeness (QED) is 0.504. The predicted molar refractivity (Wildman–Crippen MR) is 119 cm³/mol. The molecule has 0 bridgehead atoms. The van der Waals surface area contributed by atoms with Crippen molar-refractivity contribution in [2.75, 3.05) is 25.0 Å². The van der Waals surface area contributed by atoms with Crippen LogP contribution in [0.4, 0.5) is 10.1 Å². The lowest BCUT2D eigenvalue weighted by Crippen LogP contribution is -2.31. The topological polar surface area (TPSA) is 92.8 Å². The van der Waals surface area contributed by atoms with Gasteiger partial charge < -0.3 is 10.1 Å². The average molecular weight is 461 g/mol. The molecule has 0 aromatic heterocycles. The fraction of sp³-hybridized carbons (Fsp3) is 0.304. The summed E-state index contributed by atoms with van der Waals surface area (Å²) < 4.78 is 45.1. The molecule has 2 aromatic carbocycles. The molecule has 1 aliphatic rings. The number of halogens is 1. The van der Waals surface area contributed by atoms with Crippen molar-refractivity contribution in [3.63, 3.8) is 0 Å². The first-order valence-electron chi connectivity index (χ1n) is 10.3. The number of benzene rings is 2. The van der Waals surface area contributed by atoms with Crippen molar-refractivity contribution in [2.45, 2.75) is 30.6 Å². The van der Waals surface area contributed by atoms with Crippen LogP contribution in [-0.2, 0) is 24.3 Å². The second-order valence-corrected chi connectivity index (χ2v) is 9.32. The molecule has 7 nitrogen and oxygen atoms in total. The highest BCUT2D eigenvalue weighted by molar-refractivity contribution is 7.89. The maximum atomic E-state index is 13.1. The number of sulfonamides is 1. The van der Waals surface area contributed by atoms with Crippen LogP contribution in [0.5, 0.6) is 0 Å². The zero-order chi connectivity index (χ0) is 23.0. The standard InChI is InChI=1S/C23H25FN2O5S/c24-19-6-5-7-20(16-19)25-22(27)17-31-23(28)13-10-18-8-11-21(12-9-18)32(29,30)26-14-3-1-2-4-15-26/h5-13,16H,1-4,14-15,17H2,(H,25,27)/b13-10+. The first kappa shape index (κ1) is 23.6. The van der Waals surface area contributed by atoms with E-state index >= 15 is 0 Å². The lowest BCUT2D eigenvalue weighted by atomic mass is 10.2. The fourth-order valence-corrected chi connectivity index (χ4v) is 4.81. The Labute approximate surface area is 186 Å². The minimum Gasteiger partial charge on any atom is -0.452 e. The van der Waals surface area contributed by atoms with Gasteiger partial charge in [-0.05, 0) is 54.8 Å². The van der Waals surface area contributed by atoms with E-state index in [0.717, 1.165) is 37.8 Å². The van der Waals surface area contributed by atoms with E-state index in [1.54, 1.807) is 12.1 Å². The van der Waals surface area contributed by atoms with Crippen molar-refractivity contribution in [3.8, 4) is 0 Å². The molecule has 0 spiro atoms. The Balaban J connectivity index is 1.51. The van der Waals surface area contributed by atoms with Gasteiger partial charge in [0.15, 0.2) is 6.61 Å². The third-order valence-electron chi connectivity index (χ3n) is 4.95. The van der Waals surface area contributed by atoms with Gasteiger partial charge in [0.1, 0.15) is 5.82 Å². The Morgan fingerprint density at radius 1 is 1.03 bits per heavy atom. The summed E-state index contributed by atoms with van der Waals surface area (Å²) in [7, 11) is -3.53. The Hall–Kier alpha value is -3.04. The molecule has 0 radical (unpaired) electrons. The van der Waals surface area contributed by atoms with Crippen LogP contribution < -0.4 is 5.32 Å². The largest absolute Gasteiger partial charge is 0.452 e. The van der Waals surface area contributed by atoms with Crippen LogP contribution in [0.15, 0.2) is 59.5 Å². The number of hydrogen-bond donors (Lipinski definition) is 1. The molecular weight excluding hydrogens is 435 g/mol. The predicted octanol–water partition coefficient (Wildman–Crippen LogP) is 3.59. The van der Waals surface area contributed by atoms with Crippen LogP contribution in [0.25, 0.3) is 6.08 Å². The van der Waals surface area contributed by atoms with E-state index in [1.807, 2.05) is 0 Å². The Morgan fingerprint density at radius 2 is 1.72 bits per heavy atom. The van der Waals surface area contributed by atoms with Crippen LogP contribution in [0.2, 0.25) is 0 Å². The normalized spacial score (nSPS) is 15.3. The summed E-state index contributed by atoms with van der Waals surface area (Å²) in [5.41, 5.74) is 0.873. The molecule has 0 saturated carbocycles. The number of esters is 1. The van der Waals surface area contributed by atoms with Crippen molar-refractivity contribution >= 4 is 33.7 Å². The summed E-state index contributed by atoms with van der Waals surface area (Å²) in [5.74, 6) is -1.82. The maximum Gasteiger partial charge on any atom is 0.331 e. The average Bonchev–Trinajstić information content (AvgIpc) is 3.07. The van der Waals surface area contributed by atoms with Gasteiger partial charge in [0, 0.05) is 24.9 Å². The van der Waals surface area contributed by atoms with E-state index in [-0.39, 0.29) is 10.6 Å². The van der Waals surface area contributed by atoms with Gasteiger partial charge in [0.2, 0.25) is 10.0 Å². The van der Waals surface area contributed by atoms with Gasteiger partial charge in [-0.15, -0.1) is 0 Å². The number of rotatable bonds is 7. The van der Waals surface area contributed by atoms with Gasteiger partial charge in [0.05, 0.1) is 4.90 Å². The molecule has 0 aliphatic carbocycles. The fourth-order valence-electron chi connectivity index (χ4n) is 3.29. The third-order valence-corrected chi connectivity index (χ3v) is 6.86. The molecule has 2 aromatic rings. The van der Waals surface area contributed by atoms with Crippen molar-refractivity contribution in [1.82, 2.24) is 4.31 Å². The number of ether oxygens (including phenoxy) is 1. The van der Waals surface area contributed by atoms with Crippen LogP contribution in [-0.4, -0.2) is 44.3 Å². The van der Waals surface area contributed by atoms with E-state index < -0.39 is 34.3 Å². The molecule has 0 atom stereocenters. The molecule has 1 fully saturated rings. The lowest BCUT2D eigenvalue weighted by molar-refractivity contribution is -0.142. The molecule has 0 unspecified atom stereocenters. The number of anilines is 1. The third kappa shape index (κ3) is 6.73. The number of carbonyl (C=O) groups is 2. The Bertz CT molecular complexity index is 1080. The highest BCUT2D eigenvalue weighted by Gasteiger charge is 2.24. The second kappa shape index (κ2) is 11.0. The SMILES string of the molecule is O=C(COC(=O)/C=C/c1ccc(S(=O)(=O)N2CCCCCC2)cc1)Nc1cccc(F)c1. The van der Waals surface area contributed by atoms with Gasteiger partial charge in [0.25, 0.3) is 5.91 Å². The zero-order valence-electron chi connectivity index (χ0n) is 17.5. The summed E-state index contributed by atoms with van der Waals surface area (Å²) in [6, 6.07) is 11.6. The van der Waals surface area contributed by atoms with E-state index in [2.05, 4.69) is 5.32 Å². The van der Waals surface area contributed by atoms with Crippen LogP contribution in [0.3, 0.4) is 0 Å². The van der Waals surface area contributed by atoms with E-state index in [4.69, 9.17) is 4.74 Å². The van der Waals surface area contributed by atoms with Crippen LogP contribution >= 0.6 is 0 Å². The number of carbonyl (C=O) groups excluding carboxylic acids is 2. The summed E-state index contributed by atoms with van der Waals surface area (Å²) in [6.45, 7) is 0.540. The smallest absolute Gasteiger partial charge is 0.331 e. The first-order valence-corrected chi connectivity index (χ1v) is 11.8. The second-order valence-electron chi connectivity index (χ2n) is 7.39. The summed E-state index contributed by atoms with van der Waals surface area (Å²) in [4.78, 5) is 23.8. The van der Waals surface area contributed by atoms with E-state index in [0.29, 0.717) is 18.7 Å². The molecule has 1 aliphatic heterocycles. The van der Waals surface area contributed by atoms with Crippen molar-refractivity contribution in [1.29, 1.82) is 0 Å². The van der Waals surface area contributed by atoms with Gasteiger partial charge in [-0.25, -0.2) is 17.6 Å². The van der Waals surface area contributed by atoms with Crippen LogP contribution in [0.1, 0.15) is 31.2 Å². The molecule has 3 rings (SSSR count). The zero-order valence-corrected chi connectivity index (χ0v) is 18.3. The molecule has 1 heterocycles. The molecule has 1 saturated heterocycles. The van der Waals surface area contributed by atoms with Crippen LogP contribution in [0, 0.1) is 5.82 Å². The van der Waals surface area contributed by atoms with Gasteiger partial charge in [-0.2, -0.15) is 4.31 Å². The van der Waals surface area contributed by atoms with Crippen molar-refractivity contribution in [3.05, 3.63) is 66.0 Å². The number of nitrogens with one attached hydrogen (secondary N) is 1. The summed E-state index contributed by atoms with van der Waals surface area (Å²) >= 11 is 0. The first-order chi connectivity index (χ1) is 15.3. The lowest BCUT2D eigenvalue weighted by Gasteiger charge is -2.19. The molecule has 1 N–H and O–H groups in total. The molecule has 170 valence electrons. The minimum absolute atomic E-state index is 0.216. The van der Waals surface area contributed by atoms with Gasteiger partial charge >= 0.3 is 5.97 Å². The maximum absolute atomic E-state index is 13.1. The Kier molecular flexibility index (Phi) is 8.13. The number of amides is 1. The molecular formula is C23H25FN2O5S. The highest BCUT2D eigenvalue weighted by atomic mass is 32.2. The number of nitrogens with zero attached hydrogens (tertiary/aromatic N) is 1. The molecule has 9 heteroatoms. The minimum atomic E-state index is -3.53. The van der Waals surface area contributed by atoms with Gasteiger partial charge in [-0.1, -0.05) is 31.0 Å². The molecule has 1 amide bonds. The van der Waals surface area contributed by atoms with Crippen molar-refractivity contribution in [2.24, 2.45) is 0 Å². The summed E-state index contributed by atoms with van der Waals surface area (Å²) in [5, 5.41) is 2.42. The molecule has 32 heavy (non-hydrogen) atoms. The van der Waals surface area contributed by atoms with Crippen molar-refractivity contribution < 1.29 is 27.1 Å².